The fourth-order valence-corrected chi connectivity index (χ4v) is 5.64. The molecule has 2 aliphatic carbocycles. The van der Waals surface area contributed by atoms with Gasteiger partial charge in [-0.3, -0.25) is 9.48 Å². The minimum absolute atomic E-state index is 0.0461. The molecule has 0 fully saturated rings. The summed E-state index contributed by atoms with van der Waals surface area (Å²) in [6.45, 7) is 2.01. The first-order valence-corrected chi connectivity index (χ1v) is 12.7. The molecule has 2 aromatic rings. The number of nitrogens with one attached hydrogen (secondary N) is 2. The van der Waals surface area contributed by atoms with Crippen LogP contribution in [-0.4, -0.2) is 59.8 Å². The average Bonchev–Trinajstić information content (AvgIpc) is 3.50. The van der Waals surface area contributed by atoms with Gasteiger partial charge in [-0.05, 0) is 67.7 Å². The van der Waals surface area contributed by atoms with E-state index in [1.165, 1.54) is 23.1 Å². The van der Waals surface area contributed by atoms with E-state index >= 15 is 0 Å². The third-order valence-corrected chi connectivity index (χ3v) is 7.53. The molecule has 11 heteroatoms. The zero-order valence-electron chi connectivity index (χ0n) is 18.8. The van der Waals surface area contributed by atoms with E-state index in [0.717, 1.165) is 66.1 Å². The summed E-state index contributed by atoms with van der Waals surface area (Å²) in [7, 11) is -2.85. The maximum absolute atomic E-state index is 12.8. The predicted octanol–water partition coefficient (Wildman–Crippen LogP) is 1.36. The van der Waals surface area contributed by atoms with E-state index in [4.69, 9.17) is 5.11 Å². The summed E-state index contributed by atoms with van der Waals surface area (Å²) in [6, 6.07) is 2.52. The topological polar surface area (TPSA) is 134 Å². The predicted molar refractivity (Wildman–Crippen MR) is 122 cm³/mol. The largest absolute Gasteiger partial charge is 0.395 e. The number of fused-ring (bicyclic) bond motifs is 2. The second-order valence-corrected chi connectivity index (χ2v) is 10.0. The smallest absolute Gasteiger partial charge is 0.333 e. The van der Waals surface area contributed by atoms with Gasteiger partial charge in [-0.2, -0.15) is 13.5 Å². The van der Waals surface area contributed by atoms with Crippen molar-refractivity contribution in [3.63, 3.8) is 0 Å². The number of nitrogens with zero attached hydrogens (tertiary/aromatic N) is 3. The van der Waals surface area contributed by atoms with E-state index < -0.39 is 27.0 Å². The van der Waals surface area contributed by atoms with Crippen LogP contribution in [0.1, 0.15) is 52.5 Å². The Kier molecular flexibility index (Phi) is 6.44. The third-order valence-electron chi connectivity index (χ3n) is 6.33. The highest BCUT2D eigenvalue weighted by Crippen LogP contribution is 2.38. The van der Waals surface area contributed by atoms with Crippen molar-refractivity contribution in [2.24, 2.45) is 7.05 Å². The zero-order chi connectivity index (χ0) is 23.8. The average molecular weight is 476 g/mol. The molecule has 4 rings (SSSR count). The summed E-state index contributed by atoms with van der Waals surface area (Å²) in [5.74, 6) is -0.456. The number of aliphatic hydroxyl groups excluding tert-OH is 1. The highest BCUT2D eigenvalue weighted by Gasteiger charge is 2.29. The maximum Gasteiger partial charge on any atom is 0.333 e. The fourth-order valence-electron chi connectivity index (χ4n) is 4.74. The van der Waals surface area contributed by atoms with E-state index in [0.29, 0.717) is 6.54 Å². The summed E-state index contributed by atoms with van der Waals surface area (Å²) < 4.78 is 28.9. The molecule has 1 aromatic carbocycles. The van der Waals surface area contributed by atoms with Gasteiger partial charge >= 0.3 is 6.03 Å². The van der Waals surface area contributed by atoms with Gasteiger partial charge in [0, 0.05) is 31.9 Å². The monoisotopic (exact) mass is 475 g/mol. The molecule has 0 radical (unpaired) electrons. The van der Waals surface area contributed by atoms with Gasteiger partial charge in [0.15, 0.2) is 5.03 Å². The number of carbonyl (C=O) groups excluding carboxylic acids is 2. The molecule has 2 aliphatic rings. The lowest BCUT2D eigenvalue weighted by atomic mass is 9.99. The van der Waals surface area contributed by atoms with Crippen molar-refractivity contribution < 1.29 is 23.1 Å². The summed E-state index contributed by atoms with van der Waals surface area (Å²) in [6.07, 6.45) is 5.68. The van der Waals surface area contributed by atoms with Gasteiger partial charge in [0.25, 0.3) is 15.9 Å². The molecule has 3 amide bonds. The molecule has 0 saturated heterocycles. The van der Waals surface area contributed by atoms with Crippen LogP contribution >= 0.6 is 0 Å². The van der Waals surface area contributed by atoms with Crippen LogP contribution in [0.25, 0.3) is 0 Å². The van der Waals surface area contributed by atoms with Crippen LogP contribution in [0.5, 0.6) is 0 Å². The molecule has 0 spiro atoms. The molecule has 10 nitrogen and oxygen atoms in total. The van der Waals surface area contributed by atoms with Crippen LogP contribution in [0.4, 0.5) is 10.5 Å². The molecule has 1 aromatic heterocycles. The van der Waals surface area contributed by atoms with Gasteiger partial charge in [-0.25, -0.2) is 9.52 Å². The molecule has 3 N–H and O–H groups in total. The maximum atomic E-state index is 12.8. The van der Waals surface area contributed by atoms with Gasteiger partial charge in [0.1, 0.15) is 5.69 Å². The number of aromatic nitrogens is 2. The number of sulfonamides is 1. The van der Waals surface area contributed by atoms with Crippen LogP contribution in [0.15, 0.2) is 17.2 Å². The van der Waals surface area contributed by atoms with Crippen LogP contribution in [0.2, 0.25) is 0 Å². The van der Waals surface area contributed by atoms with Gasteiger partial charge in [0.2, 0.25) is 0 Å². The van der Waals surface area contributed by atoms with Gasteiger partial charge in [-0.15, -0.1) is 0 Å². The number of amides is 3. The number of rotatable bonds is 7. The molecule has 0 saturated carbocycles. The Bertz CT molecular complexity index is 1170. The molecule has 0 atom stereocenters. The number of anilines is 1. The van der Waals surface area contributed by atoms with E-state index in [1.807, 2.05) is 4.72 Å². The fraction of sp³-hybridized carbons (Fsp3) is 0.500. The number of likely N-dealkylation sites (N-methyl/N-ethyl adjacent to an activating group) is 1. The first-order valence-electron chi connectivity index (χ1n) is 11.2. The first-order chi connectivity index (χ1) is 15.7. The Morgan fingerprint density at radius 3 is 2.33 bits per heavy atom. The second kappa shape index (κ2) is 9.14. The highest BCUT2D eigenvalue weighted by molar-refractivity contribution is 7.90. The number of urea groups is 1. The minimum atomic E-state index is -4.30. The Balaban J connectivity index is 1.54. The van der Waals surface area contributed by atoms with Crippen molar-refractivity contribution in [1.29, 1.82) is 0 Å². The lowest BCUT2D eigenvalue weighted by molar-refractivity contribution is 0.0721. The summed E-state index contributed by atoms with van der Waals surface area (Å²) >= 11 is 0. The van der Waals surface area contributed by atoms with Gasteiger partial charge in [-0.1, -0.05) is 6.07 Å². The van der Waals surface area contributed by atoms with E-state index in [9.17, 15) is 18.0 Å². The number of aryl methyl sites for hydroxylation is 3. The quantitative estimate of drug-likeness (QED) is 0.554. The lowest BCUT2D eigenvalue weighted by Gasteiger charge is -2.19. The molecular formula is C22H29N5O5S. The Labute approximate surface area is 193 Å². The Morgan fingerprint density at radius 1 is 1.12 bits per heavy atom. The number of benzene rings is 1. The molecule has 33 heavy (non-hydrogen) atoms. The van der Waals surface area contributed by atoms with Crippen LogP contribution in [0.3, 0.4) is 0 Å². The van der Waals surface area contributed by atoms with E-state index in [-0.39, 0.29) is 18.8 Å². The normalized spacial score (nSPS) is 14.6. The first kappa shape index (κ1) is 23.2. The van der Waals surface area contributed by atoms with Crippen molar-refractivity contribution in [2.45, 2.75) is 50.5 Å². The summed E-state index contributed by atoms with van der Waals surface area (Å²) in [4.78, 5) is 26.8. The number of hydrogen-bond acceptors (Lipinski definition) is 6. The van der Waals surface area contributed by atoms with Crippen molar-refractivity contribution in [2.75, 3.05) is 25.0 Å². The molecular weight excluding hydrogens is 446 g/mol. The summed E-state index contributed by atoms with van der Waals surface area (Å²) in [5.41, 5.74) is 5.43. The van der Waals surface area contributed by atoms with Crippen LogP contribution in [0, 0.1) is 0 Å². The van der Waals surface area contributed by atoms with Crippen molar-refractivity contribution >= 4 is 27.6 Å². The minimum Gasteiger partial charge on any atom is -0.395 e. The number of carbonyl (C=O) groups is 2. The second-order valence-electron chi connectivity index (χ2n) is 8.39. The summed E-state index contributed by atoms with van der Waals surface area (Å²) in [5, 5.41) is 15.4. The Morgan fingerprint density at radius 2 is 1.76 bits per heavy atom. The van der Waals surface area contributed by atoms with Crippen molar-refractivity contribution in [1.82, 2.24) is 19.4 Å². The third kappa shape index (κ3) is 4.47. The van der Waals surface area contributed by atoms with Gasteiger partial charge < -0.3 is 15.3 Å². The highest BCUT2D eigenvalue weighted by atomic mass is 32.2. The molecule has 0 aliphatic heterocycles. The van der Waals surface area contributed by atoms with E-state index in [2.05, 4.69) is 16.5 Å². The Hall–Kier alpha value is -2.92. The van der Waals surface area contributed by atoms with E-state index in [1.54, 1.807) is 6.92 Å². The van der Waals surface area contributed by atoms with Crippen molar-refractivity contribution in [3.8, 4) is 0 Å². The van der Waals surface area contributed by atoms with Crippen LogP contribution < -0.4 is 10.0 Å². The standard InChI is InChI=1S/C22H29N5O5S/c1-3-27(10-11-28)21(29)18-13-19(24-26(18)2)33(31,32)25-22(30)23-20-16-8-4-6-14(16)12-15-7-5-9-17(15)20/h12-13,28H,3-11H2,1-2H3,(H2,23,25,30). The molecule has 0 unspecified atom stereocenters. The molecule has 0 bridgehead atoms. The molecule has 178 valence electrons. The SMILES string of the molecule is CCN(CCO)C(=O)c1cc(S(=O)(=O)NC(=O)Nc2c3c(cc4c2CCC4)CCC3)nn1C. The van der Waals surface area contributed by atoms with Gasteiger partial charge in [0.05, 0.1) is 6.61 Å². The zero-order valence-corrected chi connectivity index (χ0v) is 19.7. The molecule has 1 heterocycles. The van der Waals surface area contributed by atoms with Crippen molar-refractivity contribution in [3.05, 3.63) is 40.1 Å². The van der Waals surface area contributed by atoms with Crippen LogP contribution in [-0.2, 0) is 42.8 Å². The number of aliphatic hydroxyl groups is 1. The number of hydrogen-bond donors (Lipinski definition) is 3. The lowest BCUT2D eigenvalue weighted by Crippen LogP contribution is -2.35.